The van der Waals surface area contributed by atoms with Crippen molar-refractivity contribution in [1.29, 1.82) is 0 Å². The maximum Gasteiger partial charge on any atom is 0.234 e. The van der Waals surface area contributed by atoms with Crippen LogP contribution in [0.3, 0.4) is 0 Å². The molecule has 3 nitrogen and oxygen atoms in total. The Balaban J connectivity index is 2.13. The minimum atomic E-state index is 0.106. The van der Waals surface area contributed by atoms with E-state index in [-0.39, 0.29) is 5.91 Å². The SMILES string of the molecule is C=CCNCC(=O)NC1CCC(SCC)C1. The summed E-state index contributed by atoms with van der Waals surface area (Å²) < 4.78 is 0. The zero-order valence-electron chi connectivity index (χ0n) is 10.00. The van der Waals surface area contributed by atoms with E-state index in [4.69, 9.17) is 0 Å². The molecule has 0 aromatic heterocycles. The van der Waals surface area contributed by atoms with Crippen molar-refractivity contribution >= 4 is 17.7 Å². The number of hydrogen-bond donors (Lipinski definition) is 2. The van der Waals surface area contributed by atoms with E-state index in [1.54, 1.807) is 6.08 Å². The molecule has 1 aliphatic rings. The third kappa shape index (κ3) is 5.03. The number of thioether (sulfide) groups is 1. The Hall–Kier alpha value is -0.480. The molecule has 0 radical (unpaired) electrons. The first-order valence-electron chi connectivity index (χ1n) is 5.98. The van der Waals surface area contributed by atoms with Gasteiger partial charge < -0.3 is 10.6 Å². The standard InChI is InChI=1S/C12H22N2OS/c1-3-7-13-9-12(15)14-10-5-6-11(8-10)16-4-2/h3,10-11,13H,1,4-9H2,2H3,(H,14,15). The quantitative estimate of drug-likeness (QED) is 0.526. The lowest BCUT2D eigenvalue weighted by atomic mass is 10.2. The molecule has 1 aliphatic carbocycles. The van der Waals surface area contributed by atoms with Crippen LogP contribution in [0.25, 0.3) is 0 Å². The normalized spacial score (nSPS) is 24.3. The Kier molecular flexibility index (Phi) is 6.57. The molecule has 0 aliphatic heterocycles. The smallest absolute Gasteiger partial charge is 0.234 e. The van der Waals surface area contributed by atoms with Crippen LogP contribution in [0.15, 0.2) is 12.7 Å². The zero-order valence-corrected chi connectivity index (χ0v) is 10.8. The van der Waals surface area contributed by atoms with Gasteiger partial charge in [-0.05, 0) is 25.0 Å². The maximum atomic E-state index is 11.5. The second kappa shape index (κ2) is 7.74. The fourth-order valence-electron chi connectivity index (χ4n) is 2.02. The van der Waals surface area contributed by atoms with Crippen molar-refractivity contribution in [3.63, 3.8) is 0 Å². The van der Waals surface area contributed by atoms with Gasteiger partial charge in [-0.15, -0.1) is 6.58 Å². The summed E-state index contributed by atoms with van der Waals surface area (Å²) >= 11 is 2.01. The Morgan fingerprint density at radius 2 is 2.38 bits per heavy atom. The summed E-state index contributed by atoms with van der Waals surface area (Å²) in [4.78, 5) is 11.5. The minimum Gasteiger partial charge on any atom is -0.352 e. The van der Waals surface area contributed by atoms with Crippen molar-refractivity contribution in [1.82, 2.24) is 10.6 Å². The molecule has 0 aromatic carbocycles. The number of amides is 1. The van der Waals surface area contributed by atoms with Crippen LogP contribution in [-0.2, 0) is 4.79 Å². The van der Waals surface area contributed by atoms with Gasteiger partial charge in [0.1, 0.15) is 0 Å². The van der Waals surface area contributed by atoms with Crippen LogP contribution >= 0.6 is 11.8 Å². The Morgan fingerprint density at radius 3 is 3.06 bits per heavy atom. The number of nitrogens with one attached hydrogen (secondary N) is 2. The van der Waals surface area contributed by atoms with E-state index < -0.39 is 0 Å². The van der Waals surface area contributed by atoms with E-state index in [0.717, 1.165) is 18.1 Å². The second-order valence-corrected chi connectivity index (χ2v) is 5.65. The van der Waals surface area contributed by atoms with Crippen LogP contribution in [0.5, 0.6) is 0 Å². The van der Waals surface area contributed by atoms with Gasteiger partial charge in [0, 0.05) is 17.8 Å². The lowest BCUT2D eigenvalue weighted by Gasteiger charge is -2.13. The van der Waals surface area contributed by atoms with Gasteiger partial charge in [0.2, 0.25) is 5.91 Å². The molecule has 1 amide bonds. The summed E-state index contributed by atoms with van der Waals surface area (Å²) in [6, 6.07) is 0.391. The summed E-state index contributed by atoms with van der Waals surface area (Å²) in [6.07, 6.45) is 5.26. The summed E-state index contributed by atoms with van der Waals surface area (Å²) in [7, 11) is 0. The van der Waals surface area contributed by atoms with Crippen LogP contribution in [0.1, 0.15) is 26.2 Å². The van der Waals surface area contributed by atoms with E-state index in [2.05, 4.69) is 24.1 Å². The molecule has 0 bridgehead atoms. The molecule has 0 heterocycles. The number of rotatable bonds is 7. The van der Waals surface area contributed by atoms with Crippen LogP contribution < -0.4 is 10.6 Å². The summed E-state index contributed by atoms with van der Waals surface area (Å²) in [5, 5.41) is 6.83. The summed E-state index contributed by atoms with van der Waals surface area (Å²) in [5.41, 5.74) is 0. The number of carbonyl (C=O) groups is 1. The summed E-state index contributed by atoms with van der Waals surface area (Å²) in [5.74, 6) is 1.28. The minimum absolute atomic E-state index is 0.106. The lowest BCUT2D eigenvalue weighted by molar-refractivity contribution is -0.120. The van der Waals surface area contributed by atoms with Crippen molar-refractivity contribution in [2.24, 2.45) is 0 Å². The molecule has 0 saturated heterocycles. The first-order valence-corrected chi connectivity index (χ1v) is 7.03. The highest BCUT2D eigenvalue weighted by Crippen LogP contribution is 2.29. The average Bonchev–Trinajstić information content (AvgIpc) is 2.66. The van der Waals surface area contributed by atoms with Crippen molar-refractivity contribution in [2.45, 2.75) is 37.5 Å². The van der Waals surface area contributed by atoms with Gasteiger partial charge in [-0.25, -0.2) is 0 Å². The van der Waals surface area contributed by atoms with E-state index in [1.807, 2.05) is 11.8 Å². The molecule has 92 valence electrons. The van der Waals surface area contributed by atoms with Crippen molar-refractivity contribution < 1.29 is 4.79 Å². The van der Waals surface area contributed by atoms with Gasteiger partial charge in [0.05, 0.1) is 6.54 Å². The van der Waals surface area contributed by atoms with Gasteiger partial charge in [0.15, 0.2) is 0 Å². The molecule has 16 heavy (non-hydrogen) atoms. The molecule has 2 unspecified atom stereocenters. The van der Waals surface area contributed by atoms with Crippen molar-refractivity contribution in [3.05, 3.63) is 12.7 Å². The van der Waals surface area contributed by atoms with E-state index in [1.165, 1.54) is 12.2 Å². The van der Waals surface area contributed by atoms with E-state index in [9.17, 15) is 4.79 Å². The largest absolute Gasteiger partial charge is 0.352 e. The van der Waals surface area contributed by atoms with E-state index in [0.29, 0.717) is 19.1 Å². The number of carbonyl (C=O) groups excluding carboxylic acids is 1. The highest BCUT2D eigenvalue weighted by molar-refractivity contribution is 7.99. The molecular formula is C12H22N2OS. The van der Waals surface area contributed by atoms with Crippen molar-refractivity contribution in [2.75, 3.05) is 18.8 Å². The first-order chi connectivity index (χ1) is 7.76. The fourth-order valence-corrected chi connectivity index (χ4v) is 3.17. The monoisotopic (exact) mass is 242 g/mol. The second-order valence-electron chi connectivity index (χ2n) is 4.07. The molecule has 2 atom stereocenters. The highest BCUT2D eigenvalue weighted by Gasteiger charge is 2.25. The lowest BCUT2D eigenvalue weighted by Crippen LogP contribution is -2.39. The molecule has 0 aromatic rings. The highest BCUT2D eigenvalue weighted by atomic mass is 32.2. The number of hydrogen-bond acceptors (Lipinski definition) is 3. The van der Waals surface area contributed by atoms with Crippen LogP contribution in [-0.4, -0.2) is 36.0 Å². The van der Waals surface area contributed by atoms with Gasteiger partial charge in [0.25, 0.3) is 0 Å². The third-order valence-electron chi connectivity index (χ3n) is 2.73. The molecule has 0 spiro atoms. The predicted octanol–water partition coefficient (Wildman–Crippen LogP) is 1.55. The molecule has 1 rings (SSSR count). The van der Waals surface area contributed by atoms with Crippen LogP contribution in [0.4, 0.5) is 0 Å². The van der Waals surface area contributed by atoms with Crippen molar-refractivity contribution in [3.8, 4) is 0 Å². The van der Waals surface area contributed by atoms with Gasteiger partial charge >= 0.3 is 0 Å². The third-order valence-corrected chi connectivity index (χ3v) is 3.96. The zero-order chi connectivity index (χ0) is 11.8. The van der Waals surface area contributed by atoms with Gasteiger partial charge in [-0.1, -0.05) is 13.0 Å². The Morgan fingerprint density at radius 1 is 1.56 bits per heavy atom. The molecule has 4 heteroatoms. The van der Waals surface area contributed by atoms with Gasteiger partial charge in [-0.3, -0.25) is 4.79 Å². The van der Waals surface area contributed by atoms with Gasteiger partial charge in [-0.2, -0.15) is 11.8 Å². The first kappa shape index (κ1) is 13.6. The molecule has 1 fully saturated rings. The maximum absolute atomic E-state index is 11.5. The van der Waals surface area contributed by atoms with Crippen LogP contribution in [0, 0.1) is 0 Å². The molecule has 2 N–H and O–H groups in total. The molecular weight excluding hydrogens is 220 g/mol. The summed E-state index contributed by atoms with van der Waals surface area (Å²) in [6.45, 7) is 6.87. The Labute approximate surface area is 102 Å². The predicted molar refractivity (Wildman–Crippen MR) is 70.8 cm³/mol. The fraction of sp³-hybridized carbons (Fsp3) is 0.750. The van der Waals surface area contributed by atoms with E-state index >= 15 is 0 Å². The molecule has 1 saturated carbocycles. The Bertz CT molecular complexity index is 233. The topological polar surface area (TPSA) is 41.1 Å². The van der Waals surface area contributed by atoms with Crippen LogP contribution in [0.2, 0.25) is 0 Å². The average molecular weight is 242 g/mol.